The van der Waals surface area contributed by atoms with Crippen LogP contribution in [-0.4, -0.2) is 54.1 Å². The monoisotopic (exact) mass is 496 g/mol. The van der Waals surface area contributed by atoms with E-state index >= 15 is 0 Å². The molecule has 0 radical (unpaired) electrons. The SMILES string of the molecule is CC(C)C[C@H](NC(=O)[C@H](Cc1ccccc1)NC(=O)CCCN)C(=O)N[C@H](CO)Cc1ccccc1. The second-order valence-electron chi connectivity index (χ2n) is 9.47. The summed E-state index contributed by atoms with van der Waals surface area (Å²) in [5, 5.41) is 18.4. The van der Waals surface area contributed by atoms with Crippen molar-refractivity contribution in [2.24, 2.45) is 11.7 Å². The van der Waals surface area contributed by atoms with Crippen molar-refractivity contribution in [3.05, 3.63) is 71.8 Å². The van der Waals surface area contributed by atoms with Crippen molar-refractivity contribution in [2.75, 3.05) is 13.2 Å². The van der Waals surface area contributed by atoms with Crippen molar-refractivity contribution >= 4 is 17.7 Å². The van der Waals surface area contributed by atoms with Gasteiger partial charge in [0.05, 0.1) is 12.6 Å². The molecule has 0 aliphatic carbocycles. The van der Waals surface area contributed by atoms with E-state index in [0.29, 0.717) is 32.2 Å². The largest absolute Gasteiger partial charge is 0.394 e. The Morgan fingerprint density at radius 2 is 1.36 bits per heavy atom. The van der Waals surface area contributed by atoms with Crippen molar-refractivity contribution < 1.29 is 19.5 Å². The van der Waals surface area contributed by atoms with Gasteiger partial charge in [0, 0.05) is 12.8 Å². The molecule has 36 heavy (non-hydrogen) atoms. The summed E-state index contributed by atoms with van der Waals surface area (Å²) in [6.45, 7) is 4.09. The number of aliphatic hydroxyl groups is 1. The molecule has 0 fully saturated rings. The van der Waals surface area contributed by atoms with Crippen molar-refractivity contribution in [3.63, 3.8) is 0 Å². The van der Waals surface area contributed by atoms with Gasteiger partial charge in [0.25, 0.3) is 0 Å². The van der Waals surface area contributed by atoms with Crippen LogP contribution in [0.3, 0.4) is 0 Å². The molecule has 2 aromatic rings. The third kappa shape index (κ3) is 10.6. The van der Waals surface area contributed by atoms with Gasteiger partial charge in [-0.05, 0) is 42.9 Å². The van der Waals surface area contributed by atoms with Crippen LogP contribution in [0.15, 0.2) is 60.7 Å². The predicted molar refractivity (Wildman–Crippen MR) is 141 cm³/mol. The average molecular weight is 497 g/mol. The van der Waals surface area contributed by atoms with Gasteiger partial charge in [-0.15, -0.1) is 0 Å². The molecule has 196 valence electrons. The Morgan fingerprint density at radius 3 is 1.89 bits per heavy atom. The molecule has 2 aromatic carbocycles. The molecule has 0 aliphatic rings. The Morgan fingerprint density at radius 1 is 0.806 bits per heavy atom. The molecule has 0 unspecified atom stereocenters. The molecule has 0 bridgehead atoms. The van der Waals surface area contributed by atoms with E-state index in [-0.39, 0.29) is 30.8 Å². The number of aliphatic hydroxyl groups excluding tert-OH is 1. The van der Waals surface area contributed by atoms with Gasteiger partial charge < -0.3 is 26.8 Å². The number of hydrogen-bond acceptors (Lipinski definition) is 5. The number of amides is 3. The Bertz CT molecular complexity index is 937. The van der Waals surface area contributed by atoms with Gasteiger partial charge in [0.15, 0.2) is 0 Å². The fourth-order valence-electron chi connectivity index (χ4n) is 3.93. The summed E-state index contributed by atoms with van der Waals surface area (Å²) in [5.74, 6) is -0.914. The molecule has 0 spiro atoms. The molecular formula is C28H40N4O4. The quantitative estimate of drug-likeness (QED) is 0.256. The van der Waals surface area contributed by atoms with Crippen LogP contribution in [0.2, 0.25) is 0 Å². The van der Waals surface area contributed by atoms with Crippen LogP contribution in [0.4, 0.5) is 0 Å². The topological polar surface area (TPSA) is 134 Å². The fourth-order valence-corrected chi connectivity index (χ4v) is 3.93. The van der Waals surface area contributed by atoms with Crippen molar-refractivity contribution in [1.82, 2.24) is 16.0 Å². The lowest BCUT2D eigenvalue weighted by Gasteiger charge is -2.26. The van der Waals surface area contributed by atoms with E-state index in [1.54, 1.807) is 0 Å². The molecule has 3 atom stereocenters. The first-order valence-electron chi connectivity index (χ1n) is 12.6. The molecule has 8 nitrogen and oxygen atoms in total. The van der Waals surface area contributed by atoms with E-state index < -0.39 is 24.0 Å². The third-order valence-electron chi connectivity index (χ3n) is 5.77. The predicted octanol–water partition coefficient (Wildman–Crippen LogP) is 1.70. The van der Waals surface area contributed by atoms with E-state index in [4.69, 9.17) is 5.73 Å². The smallest absolute Gasteiger partial charge is 0.243 e. The van der Waals surface area contributed by atoms with Gasteiger partial charge in [-0.2, -0.15) is 0 Å². The minimum absolute atomic E-state index is 0.134. The molecule has 0 heterocycles. The van der Waals surface area contributed by atoms with Gasteiger partial charge in [-0.25, -0.2) is 0 Å². The summed E-state index contributed by atoms with van der Waals surface area (Å²) in [7, 11) is 0. The van der Waals surface area contributed by atoms with Gasteiger partial charge >= 0.3 is 0 Å². The van der Waals surface area contributed by atoms with Crippen LogP contribution in [0.25, 0.3) is 0 Å². The summed E-state index contributed by atoms with van der Waals surface area (Å²) in [5.41, 5.74) is 7.40. The fraction of sp³-hybridized carbons (Fsp3) is 0.464. The Hall–Kier alpha value is -3.23. The second-order valence-corrected chi connectivity index (χ2v) is 9.47. The van der Waals surface area contributed by atoms with Crippen molar-refractivity contribution in [3.8, 4) is 0 Å². The normalized spacial score (nSPS) is 13.5. The van der Waals surface area contributed by atoms with Crippen LogP contribution >= 0.6 is 0 Å². The highest BCUT2D eigenvalue weighted by atomic mass is 16.3. The first-order valence-corrected chi connectivity index (χ1v) is 12.6. The summed E-state index contributed by atoms with van der Waals surface area (Å²) in [4.78, 5) is 38.9. The standard InChI is InChI=1S/C28H40N4O4/c1-20(2)16-24(27(35)30-23(19-33)17-21-10-5-3-6-11-21)32-28(36)25(31-26(34)14-9-15-29)18-22-12-7-4-8-13-22/h3-8,10-13,20,23-25,33H,9,14-19,29H2,1-2H3,(H,30,35)(H,31,34)(H,32,36)/t23-,24-,25-/m0/s1. The number of nitrogens with two attached hydrogens (primary N) is 1. The zero-order valence-electron chi connectivity index (χ0n) is 21.3. The molecule has 6 N–H and O–H groups in total. The Labute approximate surface area is 214 Å². The Balaban J connectivity index is 2.12. The first kappa shape index (κ1) is 29.0. The van der Waals surface area contributed by atoms with Crippen LogP contribution in [0, 0.1) is 5.92 Å². The first-order chi connectivity index (χ1) is 17.3. The van der Waals surface area contributed by atoms with Crippen LogP contribution in [0.1, 0.15) is 44.2 Å². The van der Waals surface area contributed by atoms with E-state index in [9.17, 15) is 19.5 Å². The van der Waals surface area contributed by atoms with Crippen molar-refractivity contribution in [1.29, 1.82) is 0 Å². The Kier molecular flexibility index (Phi) is 12.6. The average Bonchev–Trinajstić information content (AvgIpc) is 2.87. The maximum absolute atomic E-state index is 13.3. The molecule has 3 amide bonds. The van der Waals surface area contributed by atoms with Gasteiger partial charge in [0.2, 0.25) is 17.7 Å². The number of carbonyl (C=O) groups is 3. The maximum Gasteiger partial charge on any atom is 0.243 e. The van der Waals surface area contributed by atoms with Gasteiger partial charge in [-0.1, -0.05) is 74.5 Å². The lowest BCUT2D eigenvalue weighted by molar-refractivity contribution is -0.132. The minimum Gasteiger partial charge on any atom is -0.394 e. The van der Waals surface area contributed by atoms with E-state index in [1.807, 2.05) is 74.5 Å². The lowest BCUT2D eigenvalue weighted by atomic mass is 10.00. The summed E-state index contributed by atoms with van der Waals surface area (Å²) >= 11 is 0. The van der Waals surface area contributed by atoms with Gasteiger partial charge in [0.1, 0.15) is 12.1 Å². The maximum atomic E-state index is 13.3. The highest BCUT2D eigenvalue weighted by Crippen LogP contribution is 2.10. The van der Waals surface area contributed by atoms with Gasteiger partial charge in [-0.3, -0.25) is 14.4 Å². The molecule has 0 saturated carbocycles. The van der Waals surface area contributed by atoms with Crippen molar-refractivity contribution in [2.45, 2.75) is 64.1 Å². The second kappa shape index (κ2) is 15.7. The van der Waals surface area contributed by atoms with Crippen LogP contribution in [0.5, 0.6) is 0 Å². The molecule has 2 rings (SSSR count). The van der Waals surface area contributed by atoms with E-state index in [2.05, 4.69) is 16.0 Å². The molecule has 0 saturated heterocycles. The summed E-state index contributed by atoms with van der Waals surface area (Å²) in [6, 6.07) is 16.9. The highest BCUT2D eigenvalue weighted by molar-refractivity contribution is 5.92. The number of carbonyl (C=O) groups excluding carboxylic acids is 3. The van der Waals surface area contributed by atoms with E-state index in [1.165, 1.54) is 0 Å². The van der Waals surface area contributed by atoms with Crippen LogP contribution in [-0.2, 0) is 27.2 Å². The molecular weight excluding hydrogens is 456 g/mol. The zero-order valence-corrected chi connectivity index (χ0v) is 21.3. The minimum atomic E-state index is -0.835. The summed E-state index contributed by atoms with van der Waals surface area (Å²) < 4.78 is 0. The number of nitrogens with one attached hydrogen (secondary N) is 3. The van der Waals surface area contributed by atoms with Crippen LogP contribution < -0.4 is 21.7 Å². The molecule has 0 aromatic heterocycles. The number of benzene rings is 2. The third-order valence-corrected chi connectivity index (χ3v) is 5.77. The highest BCUT2D eigenvalue weighted by Gasteiger charge is 2.28. The number of hydrogen-bond donors (Lipinski definition) is 5. The zero-order chi connectivity index (χ0) is 26.3. The van der Waals surface area contributed by atoms with E-state index in [0.717, 1.165) is 11.1 Å². The lowest BCUT2D eigenvalue weighted by Crippen LogP contribution is -2.56. The summed E-state index contributed by atoms with van der Waals surface area (Å²) in [6.07, 6.45) is 1.93. The number of rotatable bonds is 15. The molecule has 8 heteroatoms. The molecule has 0 aliphatic heterocycles.